The molecule has 110 valence electrons. The highest BCUT2D eigenvalue weighted by Gasteiger charge is 2.32. The van der Waals surface area contributed by atoms with E-state index < -0.39 is 0 Å². The van der Waals surface area contributed by atoms with Gasteiger partial charge in [0, 0.05) is 12.1 Å². The number of hydrogen-bond acceptors (Lipinski definition) is 1. The Morgan fingerprint density at radius 1 is 1.10 bits per heavy atom. The van der Waals surface area contributed by atoms with Crippen LogP contribution in [-0.2, 0) is 12.8 Å². The first kappa shape index (κ1) is 14.1. The van der Waals surface area contributed by atoms with Gasteiger partial charge in [0.2, 0.25) is 0 Å². The lowest BCUT2D eigenvalue weighted by Crippen LogP contribution is -2.45. The topological polar surface area (TPSA) is 12.0 Å². The van der Waals surface area contributed by atoms with Crippen molar-refractivity contribution in [3.05, 3.63) is 34.9 Å². The van der Waals surface area contributed by atoms with Crippen molar-refractivity contribution in [2.75, 3.05) is 0 Å². The zero-order valence-electron chi connectivity index (χ0n) is 13.3. The molecule has 2 aliphatic rings. The molecule has 2 atom stereocenters. The molecule has 20 heavy (non-hydrogen) atoms. The summed E-state index contributed by atoms with van der Waals surface area (Å²) in [6, 6.07) is 8.30. The molecule has 1 fully saturated rings. The van der Waals surface area contributed by atoms with Crippen LogP contribution in [0.5, 0.6) is 0 Å². The van der Waals surface area contributed by atoms with Crippen LogP contribution in [0.3, 0.4) is 0 Å². The molecule has 2 aliphatic carbocycles. The van der Waals surface area contributed by atoms with Gasteiger partial charge in [-0.15, -0.1) is 0 Å². The van der Waals surface area contributed by atoms with Gasteiger partial charge in [0.1, 0.15) is 0 Å². The fourth-order valence-corrected chi connectivity index (χ4v) is 4.06. The van der Waals surface area contributed by atoms with Gasteiger partial charge in [0.25, 0.3) is 0 Å². The largest absolute Gasteiger partial charge is 0.307 e. The summed E-state index contributed by atoms with van der Waals surface area (Å²) in [5, 5.41) is 3.92. The lowest BCUT2D eigenvalue weighted by atomic mass is 9.73. The molecule has 1 N–H and O–H groups in total. The van der Waals surface area contributed by atoms with Crippen molar-refractivity contribution in [2.45, 2.75) is 77.8 Å². The molecule has 0 spiro atoms. The first-order valence-corrected chi connectivity index (χ1v) is 8.44. The first-order valence-electron chi connectivity index (χ1n) is 8.44. The second kappa shape index (κ2) is 5.52. The van der Waals surface area contributed by atoms with E-state index in [2.05, 4.69) is 44.3 Å². The fraction of sp³-hybridized carbons (Fsp3) is 0.684. The SMILES string of the molecule is CC(NC1CCCCC1(C)C)c1ccc2c(c1)CCC2. The summed E-state index contributed by atoms with van der Waals surface area (Å²) in [7, 11) is 0. The third kappa shape index (κ3) is 2.79. The quantitative estimate of drug-likeness (QED) is 0.833. The van der Waals surface area contributed by atoms with Crippen LogP contribution in [0.4, 0.5) is 0 Å². The van der Waals surface area contributed by atoms with Crippen LogP contribution in [0, 0.1) is 5.41 Å². The van der Waals surface area contributed by atoms with Crippen molar-refractivity contribution in [3.63, 3.8) is 0 Å². The number of rotatable bonds is 3. The van der Waals surface area contributed by atoms with E-state index in [9.17, 15) is 0 Å². The van der Waals surface area contributed by atoms with Crippen molar-refractivity contribution in [1.82, 2.24) is 5.32 Å². The Bertz CT molecular complexity index is 475. The van der Waals surface area contributed by atoms with Gasteiger partial charge >= 0.3 is 0 Å². The Balaban J connectivity index is 1.71. The summed E-state index contributed by atoms with van der Waals surface area (Å²) in [5.74, 6) is 0. The van der Waals surface area contributed by atoms with Gasteiger partial charge in [-0.25, -0.2) is 0 Å². The van der Waals surface area contributed by atoms with Crippen LogP contribution in [0.1, 0.15) is 75.6 Å². The highest BCUT2D eigenvalue weighted by Crippen LogP contribution is 2.37. The van der Waals surface area contributed by atoms with E-state index in [1.54, 1.807) is 11.1 Å². The molecule has 0 aromatic heterocycles. The van der Waals surface area contributed by atoms with E-state index in [4.69, 9.17) is 0 Å². The first-order chi connectivity index (χ1) is 9.56. The average Bonchev–Trinajstić information content (AvgIpc) is 2.88. The van der Waals surface area contributed by atoms with Gasteiger partial charge < -0.3 is 5.32 Å². The molecular formula is C19H29N. The molecule has 0 radical (unpaired) electrons. The van der Waals surface area contributed by atoms with Crippen molar-refractivity contribution in [1.29, 1.82) is 0 Å². The van der Waals surface area contributed by atoms with E-state index in [0.29, 0.717) is 17.5 Å². The standard InChI is InChI=1S/C19H29N/c1-14(20-18-9-4-5-12-19(18,2)3)16-11-10-15-7-6-8-17(15)13-16/h10-11,13-14,18,20H,4-9,12H2,1-3H3. The van der Waals surface area contributed by atoms with Gasteiger partial charge in [-0.1, -0.05) is 44.9 Å². The third-order valence-corrected chi connectivity index (χ3v) is 5.58. The van der Waals surface area contributed by atoms with Crippen LogP contribution in [0.15, 0.2) is 18.2 Å². The summed E-state index contributed by atoms with van der Waals surface area (Å²) in [5.41, 5.74) is 5.11. The summed E-state index contributed by atoms with van der Waals surface area (Å²) in [6.07, 6.45) is 9.40. The van der Waals surface area contributed by atoms with Crippen LogP contribution in [0.2, 0.25) is 0 Å². The van der Waals surface area contributed by atoms with Crippen molar-refractivity contribution in [2.24, 2.45) is 5.41 Å². The molecule has 1 nitrogen and oxygen atoms in total. The number of hydrogen-bond donors (Lipinski definition) is 1. The maximum atomic E-state index is 3.92. The van der Waals surface area contributed by atoms with E-state index in [-0.39, 0.29) is 0 Å². The summed E-state index contributed by atoms with van der Waals surface area (Å²) < 4.78 is 0. The van der Waals surface area contributed by atoms with E-state index >= 15 is 0 Å². The summed E-state index contributed by atoms with van der Waals surface area (Å²) in [4.78, 5) is 0. The Morgan fingerprint density at radius 3 is 2.70 bits per heavy atom. The number of aryl methyl sites for hydroxylation is 2. The molecule has 0 amide bonds. The molecule has 0 aliphatic heterocycles. The van der Waals surface area contributed by atoms with Crippen molar-refractivity contribution in [3.8, 4) is 0 Å². The predicted octanol–water partition coefficient (Wildman–Crippen LogP) is 4.79. The number of benzene rings is 1. The molecule has 1 saturated carbocycles. The second-order valence-corrected chi connectivity index (χ2v) is 7.56. The monoisotopic (exact) mass is 271 g/mol. The molecule has 3 rings (SSSR count). The second-order valence-electron chi connectivity index (χ2n) is 7.56. The van der Waals surface area contributed by atoms with Crippen molar-refractivity contribution < 1.29 is 0 Å². The number of fused-ring (bicyclic) bond motifs is 1. The van der Waals surface area contributed by atoms with Crippen LogP contribution in [-0.4, -0.2) is 6.04 Å². The minimum atomic E-state index is 0.448. The highest BCUT2D eigenvalue weighted by atomic mass is 15.0. The molecule has 0 heterocycles. The Hall–Kier alpha value is -0.820. The average molecular weight is 271 g/mol. The van der Waals surface area contributed by atoms with E-state index in [1.165, 1.54) is 50.5 Å². The van der Waals surface area contributed by atoms with E-state index in [0.717, 1.165) is 0 Å². The normalized spacial score (nSPS) is 26.2. The zero-order chi connectivity index (χ0) is 14.2. The highest BCUT2D eigenvalue weighted by molar-refractivity contribution is 5.36. The minimum absolute atomic E-state index is 0.448. The van der Waals surface area contributed by atoms with E-state index in [1.807, 2.05) is 0 Å². The van der Waals surface area contributed by atoms with Gasteiger partial charge in [0.05, 0.1) is 0 Å². The Morgan fingerprint density at radius 2 is 1.90 bits per heavy atom. The van der Waals surface area contributed by atoms with Crippen molar-refractivity contribution >= 4 is 0 Å². The number of nitrogens with one attached hydrogen (secondary N) is 1. The van der Waals surface area contributed by atoms with Gasteiger partial charge in [0.15, 0.2) is 0 Å². The molecule has 2 unspecified atom stereocenters. The maximum absolute atomic E-state index is 3.92. The van der Waals surface area contributed by atoms with Crippen LogP contribution in [0.25, 0.3) is 0 Å². The maximum Gasteiger partial charge on any atom is 0.0294 e. The summed E-state index contributed by atoms with van der Waals surface area (Å²) in [6.45, 7) is 7.19. The van der Waals surface area contributed by atoms with Gasteiger partial charge in [-0.05, 0) is 61.1 Å². The lowest BCUT2D eigenvalue weighted by Gasteiger charge is -2.41. The molecule has 1 aromatic rings. The third-order valence-electron chi connectivity index (χ3n) is 5.58. The van der Waals surface area contributed by atoms with Crippen LogP contribution < -0.4 is 5.32 Å². The van der Waals surface area contributed by atoms with Crippen LogP contribution >= 0.6 is 0 Å². The lowest BCUT2D eigenvalue weighted by molar-refractivity contribution is 0.157. The molecule has 1 aromatic carbocycles. The summed E-state index contributed by atoms with van der Waals surface area (Å²) >= 11 is 0. The smallest absolute Gasteiger partial charge is 0.0294 e. The fourth-order valence-electron chi connectivity index (χ4n) is 4.06. The molecule has 1 heteroatoms. The minimum Gasteiger partial charge on any atom is -0.307 e. The zero-order valence-corrected chi connectivity index (χ0v) is 13.3. The Labute approximate surface area is 124 Å². The molecule has 0 saturated heterocycles. The molecular weight excluding hydrogens is 242 g/mol. The van der Waals surface area contributed by atoms with Gasteiger partial charge in [-0.3, -0.25) is 0 Å². The Kier molecular flexibility index (Phi) is 3.90. The molecule has 0 bridgehead atoms. The van der Waals surface area contributed by atoms with Gasteiger partial charge in [-0.2, -0.15) is 0 Å². The predicted molar refractivity (Wildman–Crippen MR) is 86.1 cm³/mol.